The van der Waals surface area contributed by atoms with Crippen LogP contribution in [0.15, 0.2) is 0 Å². The summed E-state index contributed by atoms with van der Waals surface area (Å²) in [5, 5.41) is 3.24. The first-order valence-corrected chi connectivity index (χ1v) is 6.25. The topological polar surface area (TPSA) is 47.6 Å². The maximum atomic E-state index is 11.8. The molecule has 0 aliphatic carbocycles. The van der Waals surface area contributed by atoms with Crippen molar-refractivity contribution in [2.24, 2.45) is 11.8 Å². The number of nitrogens with one attached hydrogen (secondary N) is 1. The van der Waals surface area contributed by atoms with E-state index in [4.69, 9.17) is 9.47 Å². The Bertz CT molecular complexity index is 238. The summed E-state index contributed by atoms with van der Waals surface area (Å²) in [5.74, 6) is 0.711. The van der Waals surface area contributed by atoms with E-state index in [1.54, 1.807) is 0 Å². The Kier molecular flexibility index (Phi) is 4.18. The van der Waals surface area contributed by atoms with Crippen molar-refractivity contribution >= 4 is 5.97 Å². The first-order chi connectivity index (χ1) is 7.77. The fourth-order valence-corrected chi connectivity index (χ4v) is 2.37. The highest BCUT2D eigenvalue weighted by Crippen LogP contribution is 2.18. The minimum Gasteiger partial charge on any atom is -0.464 e. The molecule has 0 bridgehead atoms. The third-order valence-electron chi connectivity index (χ3n) is 3.51. The molecule has 92 valence electrons. The molecular formula is C12H21NO3. The number of piperidine rings is 1. The quantitative estimate of drug-likeness (QED) is 0.729. The third-order valence-corrected chi connectivity index (χ3v) is 3.51. The first kappa shape index (κ1) is 11.9. The van der Waals surface area contributed by atoms with Gasteiger partial charge in [0, 0.05) is 12.5 Å². The Labute approximate surface area is 96.7 Å². The highest BCUT2D eigenvalue weighted by atomic mass is 16.5. The zero-order valence-corrected chi connectivity index (χ0v) is 9.91. The van der Waals surface area contributed by atoms with Gasteiger partial charge < -0.3 is 14.8 Å². The molecule has 0 aromatic carbocycles. The predicted molar refractivity (Wildman–Crippen MR) is 60.1 cm³/mol. The number of carbonyl (C=O) groups is 1. The van der Waals surface area contributed by atoms with E-state index < -0.39 is 0 Å². The molecule has 0 saturated carbocycles. The molecule has 2 heterocycles. The Morgan fingerprint density at radius 3 is 3.06 bits per heavy atom. The van der Waals surface area contributed by atoms with E-state index in [-0.39, 0.29) is 12.0 Å². The second kappa shape index (κ2) is 5.64. The number of esters is 1. The van der Waals surface area contributed by atoms with Crippen LogP contribution in [0.3, 0.4) is 0 Å². The normalized spacial score (nSPS) is 34.9. The van der Waals surface area contributed by atoms with Gasteiger partial charge in [0.1, 0.15) is 6.04 Å². The van der Waals surface area contributed by atoms with Gasteiger partial charge in [-0.15, -0.1) is 0 Å². The summed E-state index contributed by atoms with van der Waals surface area (Å²) in [7, 11) is 0. The summed E-state index contributed by atoms with van der Waals surface area (Å²) in [6, 6.07) is -0.101. The highest BCUT2D eigenvalue weighted by molar-refractivity contribution is 5.76. The second-order valence-electron chi connectivity index (χ2n) is 4.91. The third kappa shape index (κ3) is 2.95. The first-order valence-electron chi connectivity index (χ1n) is 6.25. The maximum absolute atomic E-state index is 11.8. The van der Waals surface area contributed by atoms with Gasteiger partial charge >= 0.3 is 5.97 Å². The standard InChI is InChI=1S/C12H21NO3/c1-9-3-2-5-13-11(9)12(14)16-8-10-4-6-15-7-10/h9-11,13H,2-8H2,1H3. The van der Waals surface area contributed by atoms with Crippen LogP contribution in [0.4, 0.5) is 0 Å². The monoisotopic (exact) mass is 227 g/mol. The number of hydrogen-bond acceptors (Lipinski definition) is 4. The zero-order valence-electron chi connectivity index (χ0n) is 9.91. The van der Waals surface area contributed by atoms with E-state index in [9.17, 15) is 4.79 Å². The molecule has 2 aliphatic heterocycles. The van der Waals surface area contributed by atoms with Gasteiger partial charge in [0.05, 0.1) is 13.2 Å². The van der Waals surface area contributed by atoms with E-state index in [0.717, 1.165) is 39.0 Å². The molecule has 3 unspecified atom stereocenters. The fraction of sp³-hybridized carbons (Fsp3) is 0.917. The molecule has 4 nitrogen and oxygen atoms in total. The van der Waals surface area contributed by atoms with Crippen LogP contribution in [0, 0.1) is 11.8 Å². The molecule has 0 radical (unpaired) electrons. The molecule has 2 fully saturated rings. The van der Waals surface area contributed by atoms with Crippen molar-refractivity contribution in [1.82, 2.24) is 5.32 Å². The van der Waals surface area contributed by atoms with Crippen molar-refractivity contribution in [2.45, 2.75) is 32.2 Å². The molecule has 2 rings (SSSR count). The van der Waals surface area contributed by atoms with Gasteiger partial charge in [-0.25, -0.2) is 0 Å². The van der Waals surface area contributed by atoms with Crippen LogP contribution in [0.1, 0.15) is 26.2 Å². The van der Waals surface area contributed by atoms with E-state index in [1.807, 2.05) is 0 Å². The lowest BCUT2D eigenvalue weighted by molar-refractivity contribution is -0.149. The maximum Gasteiger partial charge on any atom is 0.323 e. The molecule has 0 spiro atoms. The van der Waals surface area contributed by atoms with Crippen molar-refractivity contribution in [3.8, 4) is 0 Å². The van der Waals surface area contributed by atoms with Crippen LogP contribution in [0.5, 0.6) is 0 Å². The Morgan fingerprint density at radius 2 is 2.38 bits per heavy atom. The minimum absolute atomic E-state index is 0.0842. The van der Waals surface area contributed by atoms with E-state index in [1.165, 1.54) is 0 Å². The number of hydrogen-bond donors (Lipinski definition) is 1. The van der Waals surface area contributed by atoms with Crippen LogP contribution in [-0.2, 0) is 14.3 Å². The van der Waals surface area contributed by atoms with Crippen LogP contribution in [0.25, 0.3) is 0 Å². The van der Waals surface area contributed by atoms with Crippen LogP contribution in [-0.4, -0.2) is 38.4 Å². The molecule has 1 N–H and O–H groups in total. The highest BCUT2D eigenvalue weighted by Gasteiger charge is 2.29. The second-order valence-corrected chi connectivity index (χ2v) is 4.91. The van der Waals surface area contributed by atoms with Gasteiger partial charge in [0.2, 0.25) is 0 Å². The summed E-state index contributed by atoms with van der Waals surface area (Å²) < 4.78 is 10.6. The molecule has 0 amide bonds. The lowest BCUT2D eigenvalue weighted by Gasteiger charge is -2.28. The average molecular weight is 227 g/mol. The van der Waals surface area contributed by atoms with Gasteiger partial charge in [-0.3, -0.25) is 4.79 Å². The molecule has 2 aliphatic rings. The van der Waals surface area contributed by atoms with Gasteiger partial charge in [0.25, 0.3) is 0 Å². The van der Waals surface area contributed by atoms with Gasteiger partial charge in [-0.1, -0.05) is 6.92 Å². The Morgan fingerprint density at radius 1 is 1.50 bits per heavy atom. The molecule has 4 heteroatoms. The largest absolute Gasteiger partial charge is 0.464 e. The van der Waals surface area contributed by atoms with Gasteiger partial charge in [-0.05, 0) is 31.7 Å². The average Bonchev–Trinajstić information content (AvgIpc) is 2.79. The molecular weight excluding hydrogens is 206 g/mol. The molecule has 0 aromatic heterocycles. The summed E-state index contributed by atoms with van der Waals surface area (Å²) in [6.07, 6.45) is 3.28. The van der Waals surface area contributed by atoms with Crippen molar-refractivity contribution < 1.29 is 14.3 Å². The summed E-state index contributed by atoms with van der Waals surface area (Å²) in [5.41, 5.74) is 0. The number of ether oxygens (including phenoxy) is 2. The van der Waals surface area contributed by atoms with E-state index in [0.29, 0.717) is 18.4 Å². The van der Waals surface area contributed by atoms with Crippen molar-refractivity contribution in [3.05, 3.63) is 0 Å². The van der Waals surface area contributed by atoms with E-state index in [2.05, 4.69) is 12.2 Å². The van der Waals surface area contributed by atoms with Crippen LogP contribution < -0.4 is 5.32 Å². The lowest BCUT2D eigenvalue weighted by Crippen LogP contribution is -2.47. The lowest BCUT2D eigenvalue weighted by atomic mass is 9.93. The SMILES string of the molecule is CC1CCCNC1C(=O)OCC1CCOC1. The summed E-state index contributed by atoms with van der Waals surface area (Å²) in [6.45, 7) is 5.10. The predicted octanol–water partition coefficient (Wildman–Crippen LogP) is 0.954. The number of carbonyl (C=O) groups excluding carboxylic acids is 1. The zero-order chi connectivity index (χ0) is 11.4. The Balaban J connectivity index is 1.73. The fourth-order valence-electron chi connectivity index (χ4n) is 2.37. The molecule has 3 atom stereocenters. The van der Waals surface area contributed by atoms with Gasteiger partial charge in [-0.2, -0.15) is 0 Å². The summed E-state index contributed by atoms with van der Waals surface area (Å²) in [4.78, 5) is 11.8. The van der Waals surface area contributed by atoms with Crippen LogP contribution >= 0.6 is 0 Å². The van der Waals surface area contributed by atoms with Crippen molar-refractivity contribution in [3.63, 3.8) is 0 Å². The van der Waals surface area contributed by atoms with E-state index >= 15 is 0 Å². The van der Waals surface area contributed by atoms with Crippen LogP contribution in [0.2, 0.25) is 0 Å². The van der Waals surface area contributed by atoms with Crippen molar-refractivity contribution in [1.29, 1.82) is 0 Å². The smallest absolute Gasteiger partial charge is 0.323 e. The van der Waals surface area contributed by atoms with Gasteiger partial charge in [0.15, 0.2) is 0 Å². The van der Waals surface area contributed by atoms with Crippen molar-refractivity contribution in [2.75, 3.05) is 26.4 Å². The molecule has 2 saturated heterocycles. The molecule has 0 aromatic rings. The molecule has 16 heavy (non-hydrogen) atoms. The minimum atomic E-state index is -0.101. The number of rotatable bonds is 3. The Hall–Kier alpha value is -0.610. The summed E-state index contributed by atoms with van der Waals surface area (Å²) >= 11 is 0.